The van der Waals surface area contributed by atoms with Crippen molar-refractivity contribution in [1.82, 2.24) is 14.8 Å². The highest BCUT2D eigenvalue weighted by atomic mass is 16.5. The summed E-state index contributed by atoms with van der Waals surface area (Å²) in [5.74, 6) is -0.378. The zero-order valence-corrected chi connectivity index (χ0v) is 11.6. The van der Waals surface area contributed by atoms with Crippen molar-refractivity contribution in [1.29, 1.82) is 0 Å². The fourth-order valence-electron chi connectivity index (χ4n) is 1.75. The molecule has 6 nitrogen and oxygen atoms in total. The van der Waals surface area contributed by atoms with Gasteiger partial charge in [0.25, 0.3) is 0 Å². The molecule has 0 aliphatic heterocycles. The van der Waals surface area contributed by atoms with Gasteiger partial charge in [-0.15, -0.1) is 0 Å². The van der Waals surface area contributed by atoms with Gasteiger partial charge in [0.05, 0.1) is 35.9 Å². The highest BCUT2D eigenvalue weighted by Crippen LogP contribution is 2.13. The van der Waals surface area contributed by atoms with Crippen LogP contribution in [0.25, 0.3) is 5.69 Å². The second kappa shape index (κ2) is 6.29. The van der Waals surface area contributed by atoms with E-state index in [4.69, 9.17) is 10.5 Å². The summed E-state index contributed by atoms with van der Waals surface area (Å²) in [6.07, 6.45) is 5.62. The summed E-state index contributed by atoms with van der Waals surface area (Å²) >= 11 is 0. The van der Waals surface area contributed by atoms with Crippen LogP contribution in [0.3, 0.4) is 0 Å². The van der Waals surface area contributed by atoms with Gasteiger partial charge in [0.2, 0.25) is 0 Å². The third kappa shape index (κ3) is 3.03. The summed E-state index contributed by atoms with van der Waals surface area (Å²) in [4.78, 5) is 15.9. The molecule has 2 heterocycles. The van der Waals surface area contributed by atoms with Crippen LogP contribution in [0.4, 0.5) is 0 Å². The van der Waals surface area contributed by atoms with Gasteiger partial charge in [-0.05, 0) is 25.5 Å². The summed E-state index contributed by atoms with van der Waals surface area (Å²) in [5.41, 5.74) is 7.94. The average molecular weight is 274 g/mol. The van der Waals surface area contributed by atoms with Crippen LogP contribution >= 0.6 is 0 Å². The van der Waals surface area contributed by atoms with Crippen molar-refractivity contribution in [3.05, 3.63) is 42.0 Å². The Balaban J connectivity index is 2.18. The summed E-state index contributed by atoms with van der Waals surface area (Å²) < 4.78 is 6.50. The molecule has 6 heteroatoms. The lowest BCUT2D eigenvalue weighted by Crippen LogP contribution is -2.10. The fraction of sp³-hybridized carbons (Fsp3) is 0.357. The number of carbonyl (C=O) groups excluding carboxylic acids is 1. The number of nitrogens with two attached hydrogens (primary N) is 1. The van der Waals surface area contributed by atoms with Gasteiger partial charge in [-0.3, -0.25) is 4.98 Å². The average Bonchev–Trinajstić information content (AvgIpc) is 2.97. The molecule has 2 aromatic heterocycles. The first-order chi connectivity index (χ1) is 9.65. The molecular formula is C14H18N4O2. The maximum absolute atomic E-state index is 11.6. The molecule has 1 atom stereocenters. The molecule has 2 rings (SSSR count). The van der Waals surface area contributed by atoms with Gasteiger partial charge in [-0.1, -0.05) is 6.92 Å². The third-order valence-electron chi connectivity index (χ3n) is 2.95. The van der Waals surface area contributed by atoms with E-state index in [1.807, 2.05) is 19.1 Å². The van der Waals surface area contributed by atoms with Crippen molar-refractivity contribution >= 4 is 5.97 Å². The van der Waals surface area contributed by atoms with Crippen LogP contribution in [-0.4, -0.2) is 27.3 Å². The number of ether oxygens (including phenoxy) is 1. The number of nitrogens with zero attached hydrogens (tertiary/aromatic N) is 3. The van der Waals surface area contributed by atoms with E-state index in [2.05, 4.69) is 10.1 Å². The van der Waals surface area contributed by atoms with Crippen molar-refractivity contribution in [3.63, 3.8) is 0 Å². The van der Waals surface area contributed by atoms with E-state index in [-0.39, 0.29) is 12.0 Å². The number of rotatable bonds is 5. The molecule has 20 heavy (non-hydrogen) atoms. The van der Waals surface area contributed by atoms with Gasteiger partial charge in [0.1, 0.15) is 0 Å². The van der Waals surface area contributed by atoms with Crippen molar-refractivity contribution in [2.75, 3.05) is 6.61 Å². The molecule has 2 N–H and O–H groups in total. The molecule has 0 radical (unpaired) electrons. The van der Waals surface area contributed by atoms with Gasteiger partial charge in [-0.25, -0.2) is 9.48 Å². The first-order valence-corrected chi connectivity index (χ1v) is 6.59. The van der Waals surface area contributed by atoms with Gasteiger partial charge in [0.15, 0.2) is 0 Å². The van der Waals surface area contributed by atoms with E-state index in [0.29, 0.717) is 12.2 Å². The number of aromatic nitrogens is 3. The highest BCUT2D eigenvalue weighted by Gasteiger charge is 2.11. The van der Waals surface area contributed by atoms with E-state index in [1.54, 1.807) is 24.0 Å². The van der Waals surface area contributed by atoms with Crippen molar-refractivity contribution in [2.45, 2.75) is 26.3 Å². The lowest BCUT2D eigenvalue weighted by Gasteiger charge is -2.08. The smallest absolute Gasteiger partial charge is 0.341 e. The van der Waals surface area contributed by atoms with Gasteiger partial charge < -0.3 is 10.5 Å². The van der Waals surface area contributed by atoms with E-state index >= 15 is 0 Å². The predicted octanol–water partition coefficient (Wildman–Crippen LogP) is 1.85. The number of pyridine rings is 1. The van der Waals surface area contributed by atoms with Crippen LogP contribution in [0.5, 0.6) is 0 Å². The SMILES string of the molecule is CCOC(=O)c1cnn(-c2ccc([C@H](N)CC)nc2)c1. The topological polar surface area (TPSA) is 83.0 Å². The molecule has 0 spiro atoms. The number of esters is 1. The van der Waals surface area contributed by atoms with Crippen LogP contribution in [0.15, 0.2) is 30.7 Å². The largest absolute Gasteiger partial charge is 0.462 e. The summed E-state index contributed by atoms with van der Waals surface area (Å²) in [7, 11) is 0. The number of hydrogen-bond acceptors (Lipinski definition) is 5. The molecule has 0 unspecified atom stereocenters. The van der Waals surface area contributed by atoms with Crippen LogP contribution in [0.2, 0.25) is 0 Å². The number of hydrogen-bond donors (Lipinski definition) is 1. The molecule has 0 saturated heterocycles. The van der Waals surface area contributed by atoms with Crippen molar-refractivity contribution < 1.29 is 9.53 Å². The van der Waals surface area contributed by atoms with Crippen LogP contribution in [0, 0.1) is 0 Å². The lowest BCUT2D eigenvalue weighted by atomic mass is 10.1. The Hall–Kier alpha value is -2.21. The standard InChI is InChI=1S/C14H18N4O2/c1-3-12(15)13-6-5-11(8-16-13)18-9-10(7-17-18)14(19)20-4-2/h5-9,12H,3-4,15H2,1-2H3/t12-/m1/s1. The van der Waals surface area contributed by atoms with Crippen LogP contribution in [-0.2, 0) is 4.74 Å². The Morgan fingerprint density at radius 1 is 1.40 bits per heavy atom. The zero-order valence-electron chi connectivity index (χ0n) is 11.6. The molecule has 0 amide bonds. The van der Waals surface area contributed by atoms with Gasteiger partial charge in [0, 0.05) is 12.2 Å². The maximum atomic E-state index is 11.6. The molecule has 0 saturated carbocycles. The van der Waals surface area contributed by atoms with E-state index in [1.165, 1.54) is 6.20 Å². The molecule has 0 aliphatic rings. The Bertz CT molecular complexity index is 577. The first-order valence-electron chi connectivity index (χ1n) is 6.59. The predicted molar refractivity (Wildman–Crippen MR) is 74.5 cm³/mol. The van der Waals surface area contributed by atoms with E-state index in [0.717, 1.165) is 17.8 Å². The second-order valence-corrected chi connectivity index (χ2v) is 4.35. The Kier molecular flexibility index (Phi) is 4.47. The Labute approximate surface area is 117 Å². The quantitative estimate of drug-likeness (QED) is 0.841. The van der Waals surface area contributed by atoms with Crippen LogP contribution < -0.4 is 5.73 Å². The van der Waals surface area contributed by atoms with E-state index in [9.17, 15) is 4.79 Å². The first kappa shape index (κ1) is 14.2. The molecular weight excluding hydrogens is 256 g/mol. The normalized spacial score (nSPS) is 12.2. The molecule has 0 fully saturated rings. The van der Waals surface area contributed by atoms with Crippen LogP contribution in [0.1, 0.15) is 42.4 Å². The summed E-state index contributed by atoms with van der Waals surface area (Å²) in [6, 6.07) is 3.69. The Morgan fingerprint density at radius 2 is 2.20 bits per heavy atom. The molecule has 0 bridgehead atoms. The van der Waals surface area contributed by atoms with Crippen molar-refractivity contribution in [2.24, 2.45) is 5.73 Å². The minimum atomic E-state index is -0.378. The molecule has 0 aliphatic carbocycles. The van der Waals surface area contributed by atoms with E-state index < -0.39 is 0 Å². The monoisotopic (exact) mass is 274 g/mol. The Morgan fingerprint density at radius 3 is 2.80 bits per heavy atom. The minimum Gasteiger partial charge on any atom is -0.462 e. The summed E-state index contributed by atoms with van der Waals surface area (Å²) in [6.45, 7) is 4.12. The molecule has 2 aromatic rings. The second-order valence-electron chi connectivity index (χ2n) is 4.35. The van der Waals surface area contributed by atoms with Gasteiger partial charge in [-0.2, -0.15) is 5.10 Å². The molecule has 106 valence electrons. The minimum absolute atomic E-state index is 0.0586. The maximum Gasteiger partial charge on any atom is 0.341 e. The molecule has 0 aromatic carbocycles. The highest BCUT2D eigenvalue weighted by molar-refractivity contribution is 5.88. The summed E-state index contributed by atoms with van der Waals surface area (Å²) in [5, 5.41) is 4.13. The lowest BCUT2D eigenvalue weighted by molar-refractivity contribution is 0.0526. The zero-order chi connectivity index (χ0) is 14.5. The van der Waals surface area contributed by atoms with Crippen molar-refractivity contribution in [3.8, 4) is 5.69 Å². The van der Waals surface area contributed by atoms with Gasteiger partial charge >= 0.3 is 5.97 Å². The number of carbonyl (C=O) groups is 1. The third-order valence-corrected chi connectivity index (χ3v) is 2.95. The fourth-order valence-corrected chi connectivity index (χ4v) is 1.75.